The van der Waals surface area contributed by atoms with Crippen LogP contribution in [0.3, 0.4) is 0 Å². The second-order valence-corrected chi connectivity index (χ2v) is 8.09. The zero-order valence-electron chi connectivity index (χ0n) is 19.1. The molecule has 2 heterocycles. The van der Waals surface area contributed by atoms with Crippen molar-refractivity contribution in [1.82, 2.24) is 19.7 Å². The summed E-state index contributed by atoms with van der Waals surface area (Å²) >= 11 is 0. The van der Waals surface area contributed by atoms with Crippen molar-refractivity contribution in [2.24, 2.45) is 0 Å². The minimum absolute atomic E-state index is 0.184. The minimum Gasteiger partial charge on any atom is -0.332 e. The Hall–Kier alpha value is -4.31. The number of rotatable bonds is 7. The van der Waals surface area contributed by atoms with Crippen molar-refractivity contribution in [2.75, 3.05) is 6.54 Å². The molecule has 0 N–H and O–H groups in total. The van der Waals surface area contributed by atoms with Crippen LogP contribution >= 0.6 is 0 Å². The van der Waals surface area contributed by atoms with E-state index in [-0.39, 0.29) is 18.9 Å². The van der Waals surface area contributed by atoms with Gasteiger partial charge in [-0.25, -0.2) is 9.07 Å². The number of halogens is 1. The molecule has 0 atom stereocenters. The molecule has 7 heteroatoms. The van der Waals surface area contributed by atoms with Gasteiger partial charge < -0.3 is 4.90 Å². The number of hydrogen-bond donors (Lipinski definition) is 0. The average molecular weight is 454 g/mol. The number of aryl methyl sites for hydroxylation is 2. The van der Waals surface area contributed by atoms with Gasteiger partial charge in [0.05, 0.1) is 23.9 Å². The van der Waals surface area contributed by atoms with Crippen LogP contribution in [-0.2, 0) is 6.54 Å². The van der Waals surface area contributed by atoms with Gasteiger partial charge in [-0.3, -0.25) is 9.78 Å². The van der Waals surface area contributed by atoms with Gasteiger partial charge in [0.2, 0.25) is 0 Å². The van der Waals surface area contributed by atoms with Gasteiger partial charge in [0.1, 0.15) is 11.5 Å². The number of aromatic nitrogens is 3. The molecular weight excluding hydrogens is 429 g/mol. The SMILES string of the molecule is Cc1ccc(C)c(-n2nc(-c3ccccc3F)cc2C(=O)N(CCC#N)Cc2cccnc2)c1. The minimum atomic E-state index is -0.413. The molecule has 0 spiro atoms. The van der Waals surface area contributed by atoms with Crippen molar-refractivity contribution >= 4 is 5.91 Å². The summed E-state index contributed by atoms with van der Waals surface area (Å²) in [4.78, 5) is 19.5. The molecule has 4 rings (SSSR count). The summed E-state index contributed by atoms with van der Waals surface area (Å²) in [6, 6.07) is 19.7. The molecule has 0 saturated carbocycles. The van der Waals surface area contributed by atoms with Gasteiger partial charge in [0.25, 0.3) is 5.91 Å². The number of nitrogens with zero attached hydrogens (tertiary/aromatic N) is 5. The lowest BCUT2D eigenvalue weighted by Gasteiger charge is -2.22. The largest absolute Gasteiger partial charge is 0.332 e. The van der Waals surface area contributed by atoms with Crippen LogP contribution in [0.5, 0.6) is 0 Å². The highest BCUT2D eigenvalue weighted by Gasteiger charge is 2.24. The Morgan fingerprint density at radius 1 is 1.12 bits per heavy atom. The van der Waals surface area contributed by atoms with Crippen LogP contribution in [0.1, 0.15) is 33.6 Å². The Bertz CT molecular complexity index is 1360. The van der Waals surface area contributed by atoms with Crippen LogP contribution in [0.15, 0.2) is 73.1 Å². The Morgan fingerprint density at radius 3 is 2.68 bits per heavy atom. The molecule has 4 aromatic rings. The molecule has 2 aromatic heterocycles. The van der Waals surface area contributed by atoms with Gasteiger partial charge in [-0.15, -0.1) is 0 Å². The van der Waals surface area contributed by atoms with E-state index < -0.39 is 5.82 Å². The summed E-state index contributed by atoms with van der Waals surface area (Å²) in [7, 11) is 0. The summed E-state index contributed by atoms with van der Waals surface area (Å²) in [6.45, 7) is 4.45. The molecule has 0 bridgehead atoms. The monoisotopic (exact) mass is 453 g/mol. The Balaban J connectivity index is 1.83. The fourth-order valence-electron chi connectivity index (χ4n) is 3.78. The maximum atomic E-state index is 14.6. The molecule has 1 amide bonds. The summed E-state index contributed by atoms with van der Waals surface area (Å²) in [5, 5.41) is 13.8. The van der Waals surface area contributed by atoms with Gasteiger partial charge in [-0.1, -0.05) is 30.3 Å². The highest BCUT2D eigenvalue weighted by atomic mass is 19.1. The van der Waals surface area contributed by atoms with Gasteiger partial charge >= 0.3 is 0 Å². The molecule has 0 fully saturated rings. The van der Waals surface area contributed by atoms with Crippen molar-refractivity contribution in [3.63, 3.8) is 0 Å². The first-order chi connectivity index (χ1) is 16.5. The first-order valence-electron chi connectivity index (χ1n) is 11.0. The summed E-state index contributed by atoms with van der Waals surface area (Å²) in [5.41, 5.74) is 4.51. The second-order valence-electron chi connectivity index (χ2n) is 8.09. The van der Waals surface area contributed by atoms with Crippen LogP contribution in [0.4, 0.5) is 4.39 Å². The Kier molecular flexibility index (Phi) is 6.79. The van der Waals surface area contributed by atoms with Crippen LogP contribution in [-0.4, -0.2) is 32.1 Å². The number of nitriles is 1. The fourth-order valence-corrected chi connectivity index (χ4v) is 3.78. The van der Waals surface area contributed by atoms with Crippen LogP contribution < -0.4 is 0 Å². The molecule has 34 heavy (non-hydrogen) atoms. The van der Waals surface area contributed by atoms with Crippen LogP contribution in [0, 0.1) is 31.0 Å². The van der Waals surface area contributed by atoms with E-state index >= 15 is 0 Å². The number of carbonyl (C=O) groups excluding carboxylic acids is 1. The van der Waals surface area contributed by atoms with Gasteiger partial charge in [-0.05, 0) is 60.9 Å². The maximum absolute atomic E-state index is 14.6. The first kappa shape index (κ1) is 22.9. The quantitative estimate of drug-likeness (QED) is 0.383. The van der Waals surface area contributed by atoms with E-state index in [0.29, 0.717) is 23.5 Å². The lowest BCUT2D eigenvalue weighted by atomic mass is 10.1. The van der Waals surface area contributed by atoms with Crippen molar-refractivity contribution in [2.45, 2.75) is 26.8 Å². The van der Waals surface area contributed by atoms with Gasteiger partial charge in [-0.2, -0.15) is 10.4 Å². The smallest absolute Gasteiger partial charge is 0.272 e. The average Bonchev–Trinajstić information content (AvgIpc) is 3.28. The van der Waals surface area contributed by atoms with Crippen molar-refractivity contribution in [3.8, 4) is 23.0 Å². The zero-order chi connectivity index (χ0) is 24.1. The number of amides is 1. The number of benzene rings is 2. The van der Waals surface area contributed by atoms with E-state index in [4.69, 9.17) is 5.26 Å². The molecule has 2 aromatic carbocycles. The van der Waals surface area contributed by atoms with Crippen molar-refractivity contribution in [3.05, 3.63) is 101 Å². The maximum Gasteiger partial charge on any atom is 0.272 e. The lowest BCUT2D eigenvalue weighted by Crippen LogP contribution is -2.33. The molecule has 0 aliphatic heterocycles. The highest BCUT2D eigenvalue weighted by Crippen LogP contribution is 2.27. The molecule has 6 nitrogen and oxygen atoms in total. The highest BCUT2D eigenvalue weighted by molar-refractivity contribution is 5.94. The molecule has 0 aliphatic carbocycles. The van der Waals surface area contributed by atoms with Gasteiger partial charge in [0, 0.05) is 31.0 Å². The van der Waals surface area contributed by atoms with E-state index in [1.54, 1.807) is 52.3 Å². The fraction of sp³-hybridized carbons (Fsp3) is 0.185. The first-order valence-corrected chi connectivity index (χ1v) is 11.0. The normalized spacial score (nSPS) is 10.6. The standard InChI is InChI=1S/C27H24FN5O/c1-19-10-11-20(2)25(15-19)33-26(16-24(31-33)22-8-3-4-9-23(22)28)27(34)32(14-6-12-29)18-21-7-5-13-30-17-21/h3-5,7-11,13,15-17H,6,14,18H2,1-2H3. The topological polar surface area (TPSA) is 74.8 Å². The van der Waals surface area contributed by atoms with E-state index in [1.165, 1.54) is 6.07 Å². The third-order valence-corrected chi connectivity index (χ3v) is 5.55. The van der Waals surface area contributed by atoms with Crippen LogP contribution in [0.2, 0.25) is 0 Å². The van der Waals surface area contributed by atoms with Gasteiger partial charge in [0.15, 0.2) is 0 Å². The van der Waals surface area contributed by atoms with E-state index in [0.717, 1.165) is 22.4 Å². The molecule has 0 aliphatic rings. The summed E-state index contributed by atoms with van der Waals surface area (Å²) in [5.74, 6) is -0.709. The molecule has 0 radical (unpaired) electrons. The predicted molar refractivity (Wildman–Crippen MR) is 128 cm³/mol. The third-order valence-electron chi connectivity index (χ3n) is 5.55. The van der Waals surface area contributed by atoms with E-state index in [2.05, 4.69) is 16.2 Å². The number of carbonyl (C=O) groups is 1. The predicted octanol–water partition coefficient (Wildman–Crippen LogP) is 5.25. The summed E-state index contributed by atoms with van der Waals surface area (Å²) in [6.07, 6.45) is 3.55. The van der Waals surface area contributed by atoms with E-state index in [9.17, 15) is 9.18 Å². The van der Waals surface area contributed by atoms with Crippen molar-refractivity contribution in [1.29, 1.82) is 5.26 Å². The van der Waals surface area contributed by atoms with E-state index in [1.807, 2.05) is 38.1 Å². The van der Waals surface area contributed by atoms with Crippen molar-refractivity contribution < 1.29 is 9.18 Å². The molecule has 170 valence electrons. The number of hydrogen-bond acceptors (Lipinski definition) is 4. The van der Waals surface area contributed by atoms with Crippen LogP contribution in [0.25, 0.3) is 16.9 Å². The molecular formula is C27H24FN5O. The summed E-state index contributed by atoms with van der Waals surface area (Å²) < 4.78 is 16.2. The second kappa shape index (κ2) is 10.1. The molecule has 0 saturated heterocycles. The zero-order valence-corrected chi connectivity index (χ0v) is 19.1. The Morgan fingerprint density at radius 2 is 1.94 bits per heavy atom. The third kappa shape index (κ3) is 4.86. The molecule has 0 unspecified atom stereocenters. The number of pyridine rings is 1. The Labute approximate surface area is 197 Å². The lowest BCUT2D eigenvalue weighted by molar-refractivity contribution is 0.0737.